The Labute approximate surface area is 112 Å². The van der Waals surface area contributed by atoms with Crippen molar-refractivity contribution in [3.8, 4) is 0 Å². The normalized spacial score (nSPS) is 16.3. The van der Waals surface area contributed by atoms with Gasteiger partial charge in [0.05, 0.1) is 18.4 Å². The molecule has 5 heteroatoms. The van der Waals surface area contributed by atoms with Crippen LogP contribution in [0.25, 0.3) is 0 Å². The van der Waals surface area contributed by atoms with E-state index >= 15 is 0 Å². The summed E-state index contributed by atoms with van der Waals surface area (Å²) in [6.45, 7) is 2.05. The molecule has 0 aromatic heterocycles. The average Bonchev–Trinajstić information content (AvgIpc) is 2.42. The van der Waals surface area contributed by atoms with Crippen LogP contribution in [-0.4, -0.2) is 38.6 Å². The van der Waals surface area contributed by atoms with Crippen molar-refractivity contribution in [3.63, 3.8) is 0 Å². The van der Waals surface area contributed by atoms with Crippen molar-refractivity contribution in [2.75, 3.05) is 31.6 Å². The minimum atomic E-state index is -0.332. The number of esters is 1. The lowest BCUT2D eigenvalue weighted by Gasteiger charge is -2.28. The molecule has 0 spiro atoms. The van der Waals surface area contributed by atoms with Crippen LogP contribution < -0.4 is 10.2 Å². The predicted molar refractivity (Wildman–Crippen MR) is 72.2 cm³/mol. The standard InChI is InChI=1S/C14H18N2O3/c1-19-14(18)11-5-2-3-6-12(11)16-9-4-7-13(17)15-8-10-16/h2-3,5-6H,4,7-10H2,1H3,(H,15,17). The number of anilines is 1. The molecule has 1 aliphatic rings. The largest absolute Gasteiger partial charge is 0.465 e. The number of rotatable bonds is 2. The van der Waals surface area contributed by atoms with Crippen molar-refractivity contribution in [1.82, 2.24) is 5.32 Å². The van der Waals surface area contributed by atoms with Crippen molar-refractivity contribution in [2.24, 2.45) is 0 Å². The molecule has 1 saturated heterocycles. The summed E-state index contributed by atoms with van der Waals surface area (Å²) in [6, 6.07) is 7.40. The van der Waals surface area contributed by atoms with Gasteiger partial charge in [0.1, 0.15) is 0 Å². The highest BCUT2D eigenvalue weighted by molar-refractivity contribution is 5.95. The Bertz CT molecular complexity index is 462. The SMILES string of the molecule is COC(=O)c1ccccc1N1CCCC(=O)NCC1. The van der Waals surface area contributed by atoms with E-state index in [2.05, 4.69) is 10.2 Å². The molecule has 0 unspecified atom stereocenters. The molecule has 0 bridgehead atoms. The number of carbonyl (C=O) groups excluding carboxylic acids is 2. The lowest BCUT2D eigenvalue weighted by atomic mass is 10.1. The number of nitrogens with one attached hydrogen (secondary N) is 1. The quantitative estimate of drug-likeness (QED) is 0.813. The van der Waals surface area contributed by atoms with Crippen LogP contribution >= 0.6 is 0 Å². The lowest BCUT2D eigenvalue weighted by molar-refractivity contribution is -0.121. The van der Waals surface area contributed by atoms with E-state index in [1.54, 1.807) is 6.07 Å². The number of hydrogen-bond acceptors (Lipinski definition) is 4. The number of amides is 1. The molecule has 2 rings (SSSR count). The van der Waals surface area contributed by atoms with Gasteiger partial charge in [-0.15, -0.1) is 0 Å². The average molecular weight is 262 g/mol. The zero-order valence-electron chi connectivity index (χ0n) is 11.0. The van der Waals surface area contributed by atoms with Crippen molar-refractivity contribution < 1.29 is 14.3 Å². The summed E-state index contributed by atoms with van der Waals surface area (Å²) in [4.78, 5) is 25.2. The van der Waals surface area contributed by atoms with Gasteiger partial charge in [0.15, 0.2) is 0 Å². The molecule has 1 amide bonds. The Kier molecular flexibility index (Phi) is 4.39. The highest BCUT2D eigenvalue weighted by atomic mass is 16.5. The second-order valence-electron chi connectivity index (χ2n) is 4.45. The van der Waals surface area contributed by atoms with Gasteiger partial charge in [-0.1, -0.05) is 12.1 Å². The molecular weight excluding hydrogens is 244 g/mol. The first-order valence-corrected chi connectivity index (χ1v) is 6.41. The van der Waals surface area contributed by atoms with Crippen molar-refractivity contribution >= 4 is 17.6 Å². The molecule has 1 aliphatic heterocycles. The zero-order chi connectivity index (χ0) is 13.7. The van der Waals surface area contributed by atoms with Gasteiger partial charge in [0.25, 0.3) is 0 Å². The Balaban J connectivity index is 2.20. The summed E-state index contributed by atoms with van der Waals surface area (Å²) in [7, 11) is 1.38. The maximum absolute atomic E-state index is 11.8. The number of nitrogens with zero attached hydrogens (tertiary/aromatic N) is 1. The molecule has 19 heavy (non-hydrogen) atoms. The van der Waals surface area contributed by atoms with Gasteiger partial charge < -0.3 is 15.0 Å². The van der Waals surface area contributed by atoms with Gasteiger partial charge in [-0.3, -0.25) is 4.79 Å². The van der Waals surface area contributed by atoms with Gasteiger partial charge >= 0.3 is 5.97 Å². The maximum Gasteiger partial charge on any atom is 0.339 e. The van der Waals surface area contributed by atoms with Crippen LogP contribution in [0.2, 0.25) is 0 Å². The van der Waals surface area contributed by atoms with E-state index in [1.165, 1.54) is 7.11 Å². The zero-order valence-corrected chi connectivity index (χ0v) is 11.0. The van der Waals surface area contributed by atoms with Crippen LogP contribution in [-0.2, 0) is 9.53 Å². The fourth-order valence-electron chi connectivity index (χ4n) is 2.23. The topological polar surface area (TPSA) is 58.6 Å². The molecule has 0 radical (unpaired) electrons. The van der Waals surface area contributed by atoms with Gasteiger partial charge in [-0.2, -0.15) is 0 Å². The molecule has 1 aromatic rings. The first kappa shape index (κ1) is 13.4. The third-order valence-corrected chi connectivity index (χ3v) is 3.19. The van der Waals surface area contributed by atoms with Crippen LogP contribution in [0.5, 0.6) is 0 Å². The number of ether oxygens (including phenoxy) is 1. The fraction of sp³-hybridized carbons (Fsp3) is 0.429. The first-order chi connectivity index (χ1) is 9.22. The van der Waals surface area contributed by atoms with E-state index < -0.39 is 0 Å². The summed E-state index contributed by atoms with van der Waals surface area (Å²) < 4.78 is 4.81. The molecule has 0 aliphatic carbocycles. The van der Waals surface area contributed by atoms with E-state index in [-0.39, 0.29) is 11.9 Å². The molecule has 102 valence electrons. The molecular formula is C14H18N2O3. The van der Waals surface area contributed by atoms with E-state index in [0.717, 1.165) is 18.7 Å². The second-order valence-corrected chi connectivity index (χ2v) is 4.45. The van der Waals surface area contributed by atoms with Gasteiger partial charge in [-0.25, -0.2) is 4.79 Å². The second kappa shape index (κ2) is 6.22. The minimum absolute atomic E-state index is 0.0981. The van der Waals surface area contributed by atoms with Crippen molar-refractivity contribution in [2.45, 2.75) is 12.8 Å². The van der Waals surface area contributed by atoms with Crippen molar-refractivity contribution in [3.05, 3.63) is 29.8 Å². The van der Waals surface area contributed by atoms with E-state index in [1.807, 2.05) is 18.2 Å². The molecule has 1 N–H and O–H groups in total. The smallest absolute Gasteiger partial charge is 0.339 e. The number of para-hydroxylation sites is 1. The summed E-state index contributed by atoms with van der Waals surface area (Å²) in [5.74, 6) is -0.234. The lowest BCUT2D eigenvalue weighted by Crippen LogP contribution is -2.39. The van der Waals surface area contributed by atoms with Gasteiger partial charge in [0.2, 0.25) is 5.91 Å². The van der Waals surface area contributed by atoms with Crippen LogP contribution in [0.1, 0.15) is 23.2 Å². The third kappa shape index (κ3) is 3.24. The Morgan fingerprint density at radius 3 is 2.89 bits per heavy atom. The van der Waals surface area contributed by atoms with E-state index in [4.69, 9.17) is 4.74 Å². The van der Waals surface area contributed by atoms with Gasteiger partial charge in [-0.05, 0) is 18.6 Å². The van der Waals surface area contributed by atoms with Crippen LogP contribution in [0.4, 0.5) is 5.69 Å². The van der Waals surface area contributed by atoms with Crippen LogP contribution in [0.15, 0.2) is 24.3 Å². The predicted octanol–water partition coefficient (Wildman–Crippen LogP) is 1.19. The Morgan fingerprint density at radius 2 is 2.11 bits per heavy atom. The Hall–Kier alpha value is -2.04. The van der Waals surface area contributed by atoms with Gasteiger partial charge in [0, 0.05) is 26.1 Å². The maximum atomic E-state index is 11.8. The molecule has 0 saturated carbocycles. The number of carbonyl (C=O) groups is 2. The third-order valence-electron chi connectivity index (χ3n) is 3.19. The highest BCUT2D eigenvalue weighted by Gasteiger charge is 2.18. The summed E-state index contributed by atoms with van der Waals surface area (Å²) in [6.07, 6.45) is 1.30. The fourth-order valence-corrected chi connectivity index (χ4v) is 2.23. The molecule has 0 atom stereocenters. The van der Waals surface area contributed by atoms with E-state index in [0.29, 0.717) is 25.1 Å². The van der Waals surface area contributed by atoms with Crippen LogP contribution in [0, 0.1) is 0 Å². The number of hydrogen-bond donors (Lipinski definition) is 1. The number of benzene rings is 1. The van der Waals surface area contributed by atoms with Crippen molar-refractivity contribution in [1.29, 1.82) is 0 Å². The summed E-state index contributed by atoms with van der Waals surface area (Å²) in [5.41, 5.74) is 1.43. The molecule has 1 fully saturated rings. The number of methoxy groups -OCH3 is 1. The minimum Gasteiger partial charge on any atom is -0.465 e. The molecule has 5 nitrogen and oxygen atoms in total. The van der Waals surface area contributed by atoms with E-state index in [9.17, 15) is 9.59 Å². The summed E-state index contributed by atoms with van der Waals surface area (Å²) >= 11 is 0. The molecule has 1 heterocycles. The highest BCUT2D eigenvalue weighted by Crippen LogP contribution is 2.22. The first-order valence-electron chi connectivity index (χ1n) is 6.41. The van der Waals surface area contributed by atoms with Crippen LogP contribution in [0.3, 0.4) is 0 Å². The monoisotopic (exact) mass is 262 g/mol. The Morgan fingerprint density at radius 1 is 1.32 bits per heavy atom. The summed E-state index contributed by atoms with van der Waals surface area (Å²) in [5, 5.41) is 2.85. The molecule has 1 aromatic carbocycles.